The molecule has 2 N–H and O–H groups in total. The fraction of sp³-hybridized carbons (Fsp3) is 0.231. The molecule has 1 aromatic heterocycles. The van der Waals surface area contributed by atoms with Gasteiger partial charge in [0, 0.05) is 24.8 Å². The van der Waals surface area contributed by atoms with Crippen LogP contribution in [0.5, 0.6) is 0 Å². The fourth-order valence-corrected chi connectivity index (χ4v) is 1.81. The Hall–Kier alpha value is -2.15. The molecule has 4 nitrogen and oxygen atoms in total. The van der Waals surface area contributed by atoms with Crippen LogP contribution < -0.4 is 5.73 Å². The van der Waals surface area contributed by atoms with Gasteiger partial charge in [-0.25, -0.2) is 4.98 Å². The Morgan fingerprint density at radius 3 is 2.65 bits per heavy atom. The van der Waals surface area contributed by atoms with Crippen LogP contribution in [0, 0.1) is 0 Å². The number of rotatable bonds is 4. The van der Waals surface area contributed by atoms with Crippen LogP contribution in [-0.2, 0) is 12.7 Å². The van der Waals surface area contributed by atoms with E-state index in [1.807, 2.05) is 0 Å². The molecule has 1 aromatic carbocycles. The number of halogens is 3. The van der Waals surface area contributed by atoms with Gasteiger partial charge in [0.05, 0.1) is 11.9 Å². The van der Waals surface area contributed by atoms with Crippen molar-refractivity contribution in [3.05, 3.63) is 53.6 Å². The SMILES string of the molecule is NCCn1cnc(C(=O)c2ccccc2C(F)(F)F)c1. The third kappa shape index (κ3) is 2.88. The van der Waals surface area contributed by atoms with Crippen molar-refractivity contribution in [2.75, 3.05) is 6.54 Å². The zero-order valence-electron chi connectivity index (χ0n) is 10.4. The normalized spacial score (nSPS) is 11.6. The summed E-state index contributed by atoms with van der Waals surface area (Å²) in [6.07, 6.45) is -1.81. The number of carbonyl (C=O) groups excluding carboxylic acids is 1. The van der Waals surface area contributed by atoms with Crippen molar-refractivity contribution in [1.82, 2.24) is 9.55 Å². The smallest absolute Gasteiger partial charge is 0.335 e. The first-order valence-electron chi connectivity index (χ1n) is 5.86. The van der Waals surface area contributed by atoms with E-state index in [4.69, 9.17) is 5.73 Å². The van der Waals surface area contributed by atoms with Crippen molar-refractivity contribution in [3.63, 3.8) is 0 Å². The number of nitrogens with zero attached hydrogens (tertiary/aromatic N) is 2. The minimum absolute atomic E-state index is 0.0323. The Morgan fingerprint density at radius 2 is 2.00 bits per heavy atom. The van der Waals surface area contributed by atoms with Gasteiger partial charge in [0.15, 0.2) is 0 Å². The fourth-order valence-electron chi connectivity index (χ4n) is 1.81. The summed E-state index contributed by atoms with van der Waals surface area (Å²) in [6, 6.07) is 4.66. The van der Waals surface area contributed by atoms with E-state index in [0.29, 0.717) is 13.1 Å². The molecule has 2 rings (SSSR count). The molecule has 0 amide bonds. The number of aromatic nitrogens is 2. The molecule has 0 bridgehead atoms. The first-order valence-corrected chi connectivity index (χ1v) is 5.86. The molecule has 106 valence electrons. The standard InChI is InChI=1S/C13H12F3N3O/c14-13(15,16)10-4-2-1-3-9(10)12(20)11-7-19(6-5-17)8-18-11/h1-4,7-8H,5-6,17H2. The minimum atomic E-state index is -4.58. The molecule has 20 heavy (non-hydrogen) atoms. The van der Waals surface area contributed by atoms with Gasteiger partial charge in [-0.05, 0) is 6.07 Å². The van der Waals surface area contributed by atoms with Crippen molar-refractivity contribution < 1.29 is 18.0 Å². The molecule has 0 unspecified atom stereocenters. The summed E-state index contributed by atoms with van der Waals surface area (Å²) < 4.78 is 40.1. The van der Waals surface area contributed by atoms with E-state index < -0.39 is 23.1 Å². The number of nitrogens with two attached hydrogens (primary N) is 1. The lowest BCUT2D eigenvalue weighted by Crippen LogP contribution is -2.14. The summed E-state index contributed by atoms with van der Waals surface area (Å²) in [5, 5.41) is 0. The molecule has 0 saturated heterocycles. The van der Waals surface area contributed by atoms with Crippen LogP contribution in [0.3, 0.4) is 0 Å². The number of hydrogen-bond acceptors (Lipinski definition) is 3. The Labute approximate surface area is 113 Å². The van der Waals surface area contributed by atoms with Crippen molar-refractivity contribution in [3.8, 4) is 0 Å². The second kappa shape index (κ2) is 5.46. The predicted octanol–water partition coefficient (Wildman–Crippen LogP) is 2.09. The van der Waals surface area contributed by atoms with Gasteiger partial charge >= 0.3 is 6.18 Å². The highest BCUT2D eigenvalue weighted by Crippen LogP contribution is 2.32. The molecule has 0 aliphatic rings. The molecule has 0 fully saturated rings. The van der Waals surface area contributed by atoms with Crippen LogP contribution in [0.15, 0.2) is 36.8 Å². The molecule has 0 radical (unpaired) electrons. The Balaban J connectivity index is 2.38. The second-order valence-electron chi connectivity index (χ2n) is 4.16. The highest BCUT2D eigenvalue weighted by atomic mass is 19.4. The van der Waals surface area contributed by atoms with E-state index in [9.17, 15) is 18.0 Å². The molecule has 0 saturated carbocycles. The number of imidazole rings is 1. The van der Waals surface area contributed by atoms with Crippen LogP contribution in [-0.4, -0.2) is 21.9 Å². The van der Waals surface area contributed by atoms with Crippen molar-refractivity contribution >= 4 is 5.78 Å². The van der Waals surface area contributed by atoms with E-state index in [-0.39, 0.29) is 5.69 Å². The first-order chi connectivity index (χ1) is 9.43. The number of alkyl halides is 3. The third-order valence-corrected chi connectivity index (χ3v) is 2.73. The highest BCUT2D eigenvalue weighted by Gasteiger charge is 2.35. The Morgan fingerprint density at radius 1 is 1.30 bits per heavy atom. The van der Waals surface area contributed by atoms with Gasteiger partial charge in [-0.1, -0.05) is 18.2 Å². The predicted molar refractivity (Wildman–Crippen MR) is 66.2 cm³/mol. The van der Waals surface area contributed by atoms with E-state index in [1.54, 1.807) is 4.57 Å². The number of carbonyl (C=O) groups is 1. The lowest BCUT2D eigenvalue weighted by atomic mass is 10.0. The number of benzene rings is 1. The average molecular weight is 283 g/mol. The molecule has 2 aromatic rings. The summed E-state index contributed by atoms with van der Waals surface area (Å²) >= 11 is 0. The lowest BCUT2D eigenvalue weighted by Gasteiger charge is -2.10. The molecule has 0 atom stereocenters. The van der Waals surface area contributed by atoms with Gasteiger partial charge in [-0.2, -0.15) is 13.2 Å². The minimum Gasteiger partial charge on any atom is -0.335 e. The molecule has 0 spiro atoms. The summed E-state index contributed by atoms with van der Waals surface area (Å²) in [5.74, 6) is -0.756. The van der Waals surface area contributed by atoms with Gasteiger partial charge in [-0.15, -0.1) is 0 Å². The van der Waals surface area contributed by atoms with Crippen LogP contribution in [0.25, 0.3) is 0 Å². The Kier molecular flexibility index (Phi) is 3.89. The largest absolute Gasteiger partial charge is 0.417 e. The lowest BCUT2D eigenvalue weighted by molar-refractivity contribution is -0.137. The molecular weight excluding hydrogens is 271 g/mol. The van der Waals surface area contributed by atoms with Gasteiger partial charge < -0.3 is 10.3 Å². The van der Waals surface area contributed by atoms with Crippen LogP contribution in [0.1, 0.15) is 21.6 Å². The van der Waals surface area contributed by atoms with E-state index >= 15 is 0 Å². The highest BCUT2D eigenvalue weighted by molar-refractivity contribution is 6.08. The molecular formula is C13H12F3N3O. The Bertz CT molecular complexity index is 619. The maximum absolute atomic E-state index is 12.9. The van der Waals surface area contributed by atoms with E-state index in [0.717, 1.165) is 12.1 Å². The molecule has 7 heteroatoms. The van der Waals surface area contributed by atoms with Gasteiger partial charge in [-0.3, -0.25) is 4.79 Å². The molecule has 0 aliphatic heterocycles. The summed E-state index contributed by atoms with van der Waals surface area (Å²) in [7, 11) is 0. The van der Waals surface area contributed by atoms with Crippen LogP contribution in [0.2, 0.25) is 0 Å². The maximum Gasteiger partial charge on any atom is 0.417 e. The van der Waals surface area contributed by atoms with E-state index in [1.165, 1.54) is 24.7 Å². The topological polar surface area (TPSA) is 60.9 Å². The molecule has 1 heterocycles. The monoisotopic (exact) mass is 283 g/mol. The van der Waals surface area contributed by atoms with Crippen molar-refractivity contribution in [2.45, 2.75) is 12.7 Å². The summed E-state index contributed by atoms with van der Waals surface area (Å²) in [6.45, 7) is 0.796. The average Bonchev–Trinajstić information content (AvgIpc) is 2.86. The second-order valence-corrected chi connectivity index (χ2v) is 4.16. The zero-order valence-corrected chi connectivity index (χ0v) is 10.4. The quantitative estimate of drug-likeness (QED) is 0.874. The number of ketones is 1. The van der Waals surface area contributed by atoms with Gasteiger partial charge in [0.2, 0.25) is 5.78 Å². The zero-order chi connectivity index (χ0) is 14.8. The molecule has 0 aliphatic carbocycles. The first kappa shape index (κ1) is 14.3. The van der Waals surface area contributed by atoms with Crippen molar-refractivity contribution in [2.24, 2.45) is 5.73 Å². The third-order valence-electron chi connectivity index (χ3n) is 2.73. The summed E-state index contributed by atoms with van der Waals surface area (Å²) in [5.41, 5.74) is 3.96. The van der Waals surface area contributed by atoms with Crippen LogP contribution >= 0.6 is 0 Å². The van der Waals surface area contributed by atoms with Gasteiger partial charge in [0.25, 0.3) is 0 Å². The summed E-state index contributed by atoms with van der Waals surface area (Å²) in [4.78, 5) is 15.9. The number of hydrogen-bond donors (Lipinski definition) is 1. The van der Waals surface area contributed by atoms with E-state index in [2.05, 4.69) is 4.98 Å². The van der Waals surface area contributed by atoms with Gasteiger partial charge in [0.1, 0.15) is 5.69 Å². The maximum atomic E-state index is 12.9. The van der Waals surface area contributed by atoms with Crippen LogP contribution in [0.4, 0.5) is 13.2 Å². The van der Waals surface area contributed by atoms with Crippen molar-refractivity contribution in [1.29, 1.82) is 0 Å².